The Morgan fingerprint density at radius 2 is 1.89 bits per heavy atom. The molecule has 0 bridgehead atoms. The van der Waals surface area contributed by atoms with Crippen LogP contribution in [0.1, 0.15) is 11.1 Å². The second-order valence-electron chi connectivity index (χ2n) is 5.50. The van der Waals surface area contributed by atoms with Crippen LogP contribution in [0.2, 0.25) is 0 Å². The van der Waals surface area contributed by atoms with Gasteiger partial charge in [0.2, 0.25) is 0 Å². The Morgan fingerprint density at radius 1 is 1.21 bits per heavy atom. The van der Waals surface area contributed by atoms with Crippen molar-refractivity contribution >= 4 is 10.8 Å². The van der Waals surface area contributed by atoms with Crippen LogP contribution in [-0.4, -0.2) is 31.0 Å². The molecule has 100 valence electrons. The van der Waals surface area contributed by atoms with Gasteiger partial charge in [0.25, 0.3) is 0 Å². The van der Waals surface area contributed by atoms with E-state index in [1.807, 2.05) is 0 Å². The molecule has 0 aromatic heterocycles. The highest BCUT2D eigenvalue weighted by Crippen LogP contribution is 2.36. The zero-order chi connectivity index (χ0) is 13.5. The summed E-state index contributed by atoms with van der Waals surface area (Å²) in [5, 5.41) is 11.8. The van der Waals surface area contributed by atoms with Crippen molar-refractivity contribution in [2.75, 3.05) is 19.8 Å². The lowest BCUT2D eigenvalue weighted by Crippen LogP contribution is -2.60. The van der Waals surface area contributed by atoms with Crippen LogP contribution >= 0.6 is 0 Å². The van der Waals surface area contributed by atoms with Gasteiger partial charge in [0, 0.05) is 6.04 Å². The van der Waals surface area contributed by atoms with Gasteiger partial charge < -0.3 is 15.6 Å². The maximum atomic E-state index is 9.37. The molecule has 1 aliphatic heterocycles. The summed E-state index contributed by atoms with van der Waals surface area (Å²) < 4.78 is 5.36. The SMILES string of the molecule is Cc1ccc2cc(C3(C(N)CO)COC3)ccc2c1. The van der Waals surface area contributed by atoms with E-state index in [1.54, 1.807) is 0 Å². The summed E-state index contributed by atoms with van der Waals surface area (Å²) in [6, 6.07) is 12.6. The molecule has 0 aliphatic carbocycles. The summed E-state index contributed by atoms with van der Waals surface area (Å²) in [7, 11) is 0. The van der Waals surface area contributed by atoms with Crippen LogP contribution in [0.15, 0.2) is 36.4 Å². The first kappa shape index (κ1) is 12.6. The molecule has 0 amide bonds. The highest BCUT2D eigenvalue weighted by molar-refractivity contribution is 5.84. The zero-order valence-corrected chi connectivity index (χ0v) is 11.1. The summed E-state index contributed by atoms with van der Waals surface area (Å²) >= 11 is 0. The topological polar surface area (TPSA) is 55.5 Å². The molecule has 3 N–H and O–H groups in total. The molecule has 1 heterocycles. The van der Waals surface area contributed by atoms with Gasteiger partial charge in [-0.1, -0.05) is 42.0 Å². The van der Waals surface area contributed by atoms with Gasteiger partial charge in [-0.2, -0.15) is 0 Å². The normalized spacial score (nSPS) is 19.1. The Kier molecular flexibility index (Phi) is 3.05. The third-order valence-corrected chi connectivity index (χ3v) is 4.20. The van der Waals surface area contributed by atoms with E-state index < -0.39 is 0 Å². The molecule has 1 fully saturated rings. The molecule has 1 unspecified atom stereocenters. The fourth-order valence-electron chi connectivity index (χ4n) is 2.77. The Morgan fingerprint density at radius 3 is 2.53 bits per heavy atom. The van der Waals surface area contributed by atoms with E-state index in [4.69, 9.17) is 10.5 Å². The van der Waals surface area contributed by atoms with Crippen molar-refractivity contribution in [1.29, 1.82) is 0 Å². The van der Waals surface area contributed by atoms with Gasteiger partial charge in [-0.15, -0.1) is 0 Å². The van der Waals surface area contributed by atoms with Crippen LogP contribution < -0.4 is 5.73 Å². The minimum absolute atomic E-state index is 0.0186. The van der Waals surface area contributed by atoms with Crippen LogP contribution in [0.25, 0.3) is 10.8 Å². The van der Waals surface area contributed by atoms with Crippen molar-refractivity contribution in [3.05, 3.63) is 47.5 Å². The number of aryl methyl sites for hydroxylation is 1. The zero-order valence-electron chi connectivity index (χ0n) is 11.1. The Labute approximate surface area is 113 Å². The molecule has 1 atom stereocenters. The number of rotatable bonds is 3. The molecule has 0 saturated carbocycles. The fraction of sp³-hybridized carbons (Fsp3) is 0.375. The minimum Gasteiger partial charge on any atom is -0.395 e. The maximum Gasteiger partial charge on any atom is 0.0601 e. The molecule has 3 nitrogen and oxygen atoms in total. The predicted octanol–water partition coefficient (Wildman–Crippen LogP) is 1.74. The lowest BCUT2D eigenvalue weighted by Gasteiger charge is -2.45. The summed E-state index contributed by atoms with van der Waals surface area (Å²) in [5.74, 6) is 0. The van der Waals surface area contributed by atoms with Crippen molar-refractivity contribution < 1.29 is 9.84 Å². The molecular weight excluding hydrogens is 238 g/mol. The van der Waals surface area contributed by atoms with Crippen LogP contribution in [0, 0.1) is 6.92 Å². The molecule has 0 spiro atoms. The highest BCUT2D eigenvalue weighted by atomic mass is 16.5. The maximum absolute atomic E-state index is 9.37. The van der Waals surface area contributed by atoms with Crippen LogP contribution in [-0.2, 0) is 10.2 Å². The summed E-state index contributed by atoms with van der Waals surface area (Å²) in [6.07, 6.45) is 0. The Bertz CT molecular complexity index is 605. The first-order valence-electron chi connectivity index (χ1n) is 6.61. The van der Waals surface area contributed by atoms with E-state index in [9.17, 15) is 5.11 Å². The molecule has 1 aliphatic rings. The summed E-state index contributed by atoms with van der Waals surface area (Å²) in [6.45, 7) is 3.25. The largest absolute Gasteiger partial charge is 0.395 e. The third-order valence-electron chi connectivity index (χ3n) is 4.20. The van der Waals surface area contributed by atoms with Crippen LogP contribution in [0.5, 0.6) is 0 Å². The number of ether oxygens (including phenoxy) is 1. The molecule has 1 saturated heterocycles. The van der Waals surface area contributed by atoms with Crippen molar-refractivity contribution in [2.24, 2.45) is 5.73 Å². The molecule has 3 rings (SSSR count). The number of nitrogens with two attached hydrogens (primary N) is 1. The standard InChI is InChI=1S/C16H19NO2/c1-11-2-3-13-7-14(5-4-12(13)6-11)16(9-19-10-16)15(17)8-18/h2-7,15,18H,8-10,17H2,1H3. The van der Waals surface area contributed by atoms with E-state index >= 15 is 0 Å². The quantitative estimate of drug-likeness (QED) is 0.880. The van der Waals surface area contributed by atoms with Gasteiger partial charge in [0.1, 0.15) is 0 Å². The Balaban J connectivity index is 2.07. The monoisotopic (exact) mass is 257 g/mol. The fourth-order valence-corrected chi connectivity index (χ4v) is 2.77. The predicted molar refractivity (Wildman–Crippen MR) is 76.2 cm³/mol. The minimum atomic E-state index is -0.274. The van der Waals surface area contributed by atoms with Crippen molar-refractivity contribution in [3.63, 3.8) is 0 Å². The van der Waals surface area contributed by atoms with E-state index in [-0.39, 0.29) is 18.1 Å². The molecule has 2 aromatic rings. The molecule has 19 heavy (non-hydrogen) atoms. The smallest absolute Gasteiger partial charge is 0.0601 e. The van der Waals surface area contributed by atoms with Gasteiger partial charge in [-0.25, -0.2) is 0 Å². The number of benzene rings is 2. The van der Waals surface area contributed by atoms with Gasteiger partial charge >= 0.3 is 0 Å². The molecule has 3 heteroatoms. The van der Waals surface area contributed by atoms with Crippen molar-refractivity contribution in [2.45, 2.75) is 18.4 Å². The number of aliphatic hydroxyl groups excluding tert-OH is 1. The molecule has 2 aromatic carbocycles. The second kappa shape index (κ2) is 4.60. The lowest BCUT2D eigenvalue weighted by atomic mass is 9.72. The van der Waals surface area contributed by atoms with E-state index in [0.717, 1.165) is 5.56 Å². The van der Waals surface area contributed by atoms with E-state index in [2.05, 4.69) is 43.3 Å². The average Bonchev–Trinajstić information content (AvgIpc) is 2.37. The van der Waals surface area contributed by atoms with Gasteiger partial charge in [0.05, 0.1) is 25.2 Å². The molecular formula is C16H19NO2. The van der Waals surface area contributed by atoms with Crippen molar-refractivity contribution in [1.82, 2.24) is 0 Å². The summed E-state index contributed by atoms with van der Waals surface area (Å²) in [4.78, 5) is 0. The Hall–Kier alpha value is -1.42. The lowest BCUT2D eigenvalue weighted by molar-refractivity contribution is -0.0797. The van der Waals surface area contributed by atoms with Gasteiger partial charge in [-0.05, 0) is 23.3 Å². The third kappa shape index (κ3) is 1.94. The van der Waals surface area contributed by atoms with Crippen molar-refractivity contribution in [3.8, 4) is 0 Å². The van der Waals surface area contributed by atoms with Gasteiger partial charge in [0.15, 0.2) is 0 Å². The number of fused-ring (bicyclic) bond motifs is 1. The number of aliphatic hydroxyl groups is 1. The van der Waals surface area contributed by atoms with Gasteiger partial charge in [-0.3, -0.25) is 0 Å². The summed E-state index contributed by atoms with van der Waals surface area (Å²) in [5.41, 5.74) is 8.28. The second-order valence-corrected chi connectivity index (χ2v) is 5.50. The average molecular weight is 257 g/mol. The highest BCUT2D eigenvalue weighted by Gasteiger charge is 2.45. The number of hydrogen-bond acceptors (Lipinski definition) is 3. The first-order chi connectivity index (χ1) is 9.15. The van der Waals surface area contributed by atoms with Crippen LogP contribution in [0.3, 0.4) is 0 Å². The first-order valence-corrected chi connectivity index (χ1v) is 6.61. The van der Waals surface area contributed by atoms with E-state index in [0.29, 0.717) is 13.2 Å². The molecule has 0 radical (unpaired) electrons. The number of hydrogen-bond donors (Lipinski definition) is 2. The van der Waals surface area contributed by atoms with Crippen LogP contribution in [0.4, 0.5) is 0 Å². The van der Waals surface area contributed by atoms with E-state index in [1.165, 1.54) is 16.3 Å².